The minimum atomic E-state index is -1.35. The summed E-state index contributed by atoms with van der Waals surface area (Å²) in [4.78, 5) is 39.3. The molecule has 0 aromatic heterocycles. The fourth-order valence-corrected chi connectivity index (χ4v) is 4.59. The Kier molecular flexibility index (Phi) is 9.41. The Balaban J connectivity index is 1.70. The molecule has 3 amide bonds. The van der Waals surface area contributed by atoms with Gasteiger partial charge < -0.3 is 29.9 Å². The van der Waals surface area contributed by atoms with Crippen molar-refractivity contribution in [3.63, 3.8) is 0 Å². The minimum absolute atomic E-state index is 0.222. The largest absolute Gasteiger partial charge is 0.481 e. The van der Waals surface area contributed by atoms with Crippen LogP contribution in [0.4, 0.5) is 4.79 Å². The second-order valence-corrected chi connectivity index (χ2v) is 10.8. The van der Waals surface area contributed by atoms with E-state index in [1.54, 1.807) is 4.90 Å². The normalized spacial score (nSPS) is 20.4. The van der Waals surface area contributed by atoms with Crippen molar-refractivity contribution in [2.24, 2.45) is 0 Å². The van der Waals surface area contributed by atoms with E-state index in [-0.39, 0.29) is 12.3 Å². The van der Waals surface area contributed by atoms with Crippen molar-refractivity contribution in [1.29, 1.82) is 0 Å². The highest BCUT2D eigenvalue weighted by molar-refractivity contribution is 6.48. The van der Waals surface area contributed by atoms with Gasteiger partial charge in [-0.05, 0) is 71.8 Å². The molecule has 0 bridgehead atoms. The fourth-order valence-electron chi connectivity index (χ4n) is 4.59. The first-order chi connectivity index (χ1) is 17.0. The zero-order valence-corrected chi connectivity index (χ0v) is 21.9. The summed E-state index contributed by atoms with van der Waals surface area (Å²) in [6.45, 7) is 9.06. The summed E-state index contributed by atoms with van der Waals surface area (Å²) in [6.07, 6.45) is 3.48. The summed E-state index contributed by atoms with van der Waals surface area (Å²) < 4.78 is 12.4. The number of carboxylic acid groups (broad SMARTS) is 1. The van der Waals surface area contributed by atoms with Crippen molar-refractivity contribution in [2.75, 3.05) is 13.1 Å². The van der Waals surface area contributed by atoms with E-state index >= 15 is 0 Å². The van der Waals surface area contributed by atoms with Crippen LogP contribution in [0.25, 0.3) is 0 Å². The average molecular weight is 501 g/mol. The highest BCUT2D eigenvalue weighted by Gasteiger charge is 2.54. The van der Waals surface area contributed by atoms with Crippen LogP contribution in [-0.2, 0) is 25.3 Å². The Hall–Kier alpha value is -2.59. The third-order valence-electron chi connectivity index (χ3n) is 7.45. The van der Waals surface area contributed by atoms with Crippen molar-refractivity contribution in [2.45, 2.75) is 95.8 Å². The molecule has 0 unspecified atom stereocenters. The van der Waals surface area contributed by atoms with Gasteiger partial charge in [-0.2, -0.15) is 0 Å². The predicted octanol–water partition coefficient (Wildman–Crippen LogP) is 3.16. The lowest BCUT2D eigenvalue weighted by molar-refractivity contribution is -0.135. The fraction of sp³-hybridized carbons (Fsp3) is 0.654. The van der Waals surface area contributed by atoms with Gasteiger partial charge in [0.15, 0.2) is 0 Å². The van der Waals surface area contributed by atoms with Gasteiger partial charge >= 0.3 is 13.2 Å². The summed E-state index contributed by atoms with van der Waals surface area (Å²) >= 11 is 0. The van der Waals surface area contributed by atoms with Gasteiger partial charge in [0.25, 0.3) is 0 Å². The maximum atomic E-state index is 13.3. The van der Waals surface area contributed by atoms with Gasteiger partial charge in [0.2, 0.25) is 11.8 Å². The maximum absolute atomic E-state index is 13.3. The number of piperidine rings is 1. The SMILES string of the molecule is CC1(C)OB([C@H](CCCc2ccccc2)NC(=O)[C@@H](CC(=O)N2CCCCC2)NC(=O)O)OC1(C)C. The molecule has 9 nitrogen and oxygen atoms in total. The Morgan fingerprint density at radius 3 is 2.19 bits per heavy atom. The molecule has 2 heterocycles. The number of rotatable bonds is 10. The van der Waals surface area contributed by atoms with Crippen LogP contribution in [0.15, 0.2) is 30.3 Å². The lowest BCUT2D eigenvalue weighted by Crippen LogP contribution is -2.55. The number of nitrogens with one attached hydrogen (secondary N) is 2. The van der Waals surface area contributed by atoms with Crippen LogP contribution in [0.3, 0.4) is 0 Å². The van der Waals surface area contributed by atoms with Crippen LogP contribution in [-0.4, -0.2) is 71.3 Å². The monoisotopic (exact) mass is 501 g/mol. The van der Waals surface area contributed by atoms with Crippen molar-refractivity contribution < 1.29 is 28.8 Å². The Morgan fingerprint density at radius 2 is 1.61 bits per heavy atom. The molecule has 0 saturated carbocycles. The van der Waals surface area contributed by atoms with E-state index in [9.17, 15) is 19.5 Å². The van der Waals surface area contributed by atoms with Gasteiger partial charge in [0.1, 0.15) is 6.04 Å². The predicted molar refractivity (Wildman–Crippen MR) is 137 cm³/mol. The number of carbonyl (C=O) groups is 3. The molecule has 0 spiro atoms. The number of carbonyl (C=O) groups excluding carboxylic acids is 2. The van der Waals surface area contributed by atoms with Crippen LogP contribution in [0, 0.1) is 0 Å². The maximum Gasteiger partial charge on any atom is 0.481 e. The van der Waals surface area contributed by atoms with Crippen LogP contribution < -0.4 is 10.6 Å². The second-order valence-electron chi connectivity index (χ2n) is 10.8. The van der Waals surface area contributed by atoms with Crippen LogP contribution >= 0.6 is 0 Å². The molecule has 2 fully saturated rings. The molecule has 0 aliphatic carbocycles. The van der Waals surface area contributed by atoms with Gasteiger partial charge in [-0.15, -0.1) is 0 Å². The summed E-state index contributed by atoms with van der Waals surface area (Å²) in [6, 6.07) is 8.87. The molecule has 0 radical (unpaired) electrons. The average Bonchev–Trinajstić information content (AvgIpc) is 3.05. The summed E-state index contributed by atoms with van der Waals surface area (Å²) in [7, 11) is -0.696. The Bertz CT molecular complexity index is 888. The molecular weight excluding hydrogens is 461 g/mol. The lowest BCUT2D eigenvalue weighted by atomic mass is 9.75. The molecule has 3 rings (SSSR count). The van der Waals surface area contributed by atoms with E-state index < -0.39 is 42.3 Å². The molecule has 1 aromatic carbocycles. The first-order valence-electron chi connectivity index (χ1n) is 13.0. The van der Waals surface area contributed by atoms with E-state index in [2.05, 4.69) is 22.8 Å². The molecule has 1 aromatic rings. The van der Waals surface area contributed by atoms with E-state index in [1.165, 1.54) is 5.56 Å². The number of likely N-dealkylation sites (tertiary alicyclic amines) is 1. The highest BCUT2D eigenvalue weighted by atomic mass is 16.7. The molecule has 36 heavy (non-hydrogen) atoms. The van der Waals surface area contributed by atoms with Gasteiger partial charge in [-0.1, -0.05) is 30.3 Å². The zero-order valence-electron chi connectivity index (χ0n) is 21.9. The third-order valence-corrected chi connectivity index (χ3v) is 7.45. The van der Waals surface area contributed by atoms with Crippen LogP contribution in [0.5, 0.6) is 0 Å². The summed E-state index contributed by atoms with van der Waals surface area (Å²) in [5, 5.41) is 14.5. The standard InChI is InChI=1S/C26H40BN3O6/c1-25(2)26(3,4)36-27(35-25)21(15-11-14-19-12-7-5-8-13-19)29-23(32)20(28-24(33)34)18-22(31)30-16-9-6-10-17-30/h5,7-8,12-13,20-21,28H,6,9-11,14-18H2,1-4H3,(H,29,32)(H,33,34)/t20-,21+/m1/s1. The quantitative estimate of drug-likeness (QED) is 0.424. The second kappa shape index (κ2) is 12.1. The van der Waals surface area contributed by atoms with Crippen molar-refractivity contribution in [3.05, 3.63) is 35.9 Å². The Labute approximate surface area is 214 Å². The molecule has 2 aliphatic heterocycles. The third kappa shape index (κ3) is 7.46. The minimum Gasteiger partial charge on any atom is -0.465 e. The summed E-state index contributed by atoms with van der Waals surface area (Å²) in [5.41, 5.74) is 0.0283. The van der Waals surface area contributed by atoms with E-state index in [1.807, 2.05) is 45.9 Å². The molecule has 2 saturated heterocycles. The Morgan fingerprint density at radius 1 is 1.00 bits per heavy atom. The molecule has 10 heteroatoms. The highest BCUT2D eigenvalue weighted by Crippen LogP contribution is 2.38. The molecule has 2 atom stereocenters. The molecule has 3 N–H and O–H groups in total. The number of nitrogens with zero attached hydrogens (tertiary/aromatic N) is 1. The van der Waals surface area contributed by atoms with Gasteiger partial charge in [-0.3, -0.25) is 9.59 Å². The van der Waals surface area contributed by atoms with Crippen molar-refractivity contribution in [1.82, 2.24) is 15.5 Å². The number of aryl methyl sites for hydroxylation is 1. The molecular formula is C26H40BN3O6. The van der Waals surface area contributed by atoms with Crippen LogP contribution in [0.1, 0.15) is 71.8 Å². The van der Waals surface area contributed by atoms with E-state index in [4.69, 9.17) is 9.31 Å². The first-order valence-corrected chi connectivity index (χ1v) is 13.0. The smallest absolute Gasteiger partial charge is 0.465 e. The first kappa shape index (κ1) is 28.0. The topological polar surface area (TPSA) is 117 Å². The lowest BCUT2D eigenvalue weighted by Gasteiger charge is -2.32. The van der Waals surface area contributed by atoms with Gasteiger partial charge in [0, 0.05) is 13.1 Å². The molecule has 198 valence electrons. The van der Waals surface area contributed by atoms with Crippen molar-refractivity contribution in [3.8, 4) is 0 Å². The number of hydrogen-bond donors (Lipinski definition) is 3. The summed E-state index contributed by atoms with van der Waals surface area (Å²) in [5.74, 6) is -1.28. The molecule has 2 aliphatic rings. The van der Waals surface area contributed by atoms with E-state index in [0.29, 0.717) is 19.5 Å². The number of benzene rings is 1. The van der Waals surface area contributed by atoms with Gasteiger partial charge in [0.05, 0.1) is 23.6 Å². The number of amides is 3. The zero-order chi connectivity index (χ0) is 26.3. The van der Waals surface area contributed by atoms with Gasteiger partial charge in [-0.25, -0.2) is 4.79 Å². The number of hydrogen-bond acceptors (Lipinski definition) is 5. The van der Waals surface area contributed by atoms with E-state index in [0.717, 1.165) is 32.1 Å². The van der Waals surface area contributed by atoms with Crippen molar-refractivity contribution >= 4 is 25.0 Å². The van der Waals surface area contributed by atoms with Crippen LogP contribution in [0.2, 0.25) is 0 Å².